The SMILES string of the molecule is CN1C(=O)CCO[C@H]2CN(Cc3ccc(N4CCCC4=O)cc3)C[C@@H]21.O=CO. The number of amides is 2. The molecule has 8 heteroatoms. The molecule has 1 aromatic carbocycles. The fraction of sp³-hybridized carbons (Fsp3) is 0.550. The topological polar surface area (TPSA) is 90.4 Å². The van der Waals surface area contributed by atoms with Crippen molar-refractivity contribution < 1.29 is 24.2 Å². The Morgan fingerprint density at radius 2 is 1.86 bits per heavy atom. The number of ether oxygens (including phenoxy) is 1. The van der Waals surface area contributed by atoms with E-state index in [1.54, 1.807) is 0 Å². The maximum Gasteiger partial charge on any atom is 0.290 e. The standard InChI is InChI=1S/C19H25N3O3.CH2O2/c1-20-16-12-21(13-17(16)25-10-8-18(20)23)11-14-4-6-15(7-5-14)22-9-2-3-19(22)24;2-1-3/h4-7,16-17H,2-3,8-13H2,1H3;1H,(H,2,3)/t16-,17-;/m0./s1. The zero-order chi connectivity index (χ0) is 20.1. The lowest BCUT2D eigenvalue weighted by molar-refractivity contribution is -0.131. The molecule has 4 rings (SSSR count). The van der Waals surface area contributed by atoms with Crippen LogP contribution in [0.5, 0.6) is 0 Å². The first-order chi connectivity index (χ1) is 13.5. The Morgan fingerprint density at radius 3 is 2.50 bits per heavy atom. The van der Waals surface area contributed by atoms with Crippen LogP contribution in [-0.2, 0) is 25.7 Å². The fourth-order valence-corrected chi connectivity index (χ4v) is 4.12. The zero-order valence-electron chi connectivity index (χ0n) is 16.1. The number of likely N-dealkylation sites (tertiary alicyclic amines) is 1. The minimum absolute atomic E-state index is 0.109. The van der Waals surface area contributed by atoms with E-state index >= 15 is 0 Å². The van der Waals surface area contributed by atoms with Crippen LogP contribution in [0, 0.1) is 0 Å². The van der Waals surface area contributed by atoms with Crippen molar-refractivity contribution in [3.8, 4) is 0 Å². The van der Waals surface area contributed by atoms with Crippen molar-refractivity contribution in [3.63, 3.8) is 0 Å². The highest BCUT2D eigenvalue weighted by molar-refractivity contribution is 5.95. The van der Waals surface area contributed by atoms with Crippen LogP contribution in [-0.4, -0.2) is 78.6 Å². The summed E-state index contributed by atoms with van der Waals surface area (Å²) in [6, 6.07) is 8.43. The van der Waals surface area contributed by atoms with Crippen LogP contribution >= 0.6 is 0 Å². The summed E-state index contributed by atoms with van der Waals surface area (Å²) in [5, 5.41) is 6.89. The molecule has 1 N–H and O–H groups in total. The molecule has 0 spiro atoms. The van der Waals surface area contributed by atoms with Crippen molar-refractivity contribution in [3.05, 3.63) is 29.8 Å². The molecule has 2 amide bonds. The van der Waals surface area contributed by atoms with Gasteiger partial charge in [0.05, 0.1) is 25.2 Å². The molecule has 2 atom stereocenters. The Balaban J connectivity index is 0.000000706. The van der Waals surface area contributed by atoms with Crippen LogP contribution < -0.4 is 4.90 Å². The largest absolute Gasteiger partial charge is 0.483 e. The molecule has 1 aromatic rings. The van der Waals surface area contributed by atoms with Crippen molar-refractivity contribution in [2.45, 2.75) is 38.0 Å². The molecule has 28 heavy (non-hydrogen) atoms. The predicted molar refractivity (Wildman–Crippen MR) is 103 cm³/mol. The van der Waals surface area contributed by atoms with E-state index in [4.69, 9.17) is 14.6 Å². The highest BCUT2D eigenvalue weighted by atomic mass is 16.5. The van der Waals surface area contributed by atoms with Gasteiger partial charge in [-0.25, -0.2) is 0 Å². The monoisotopic (exact) mass is 389 g/mol. The first kappa shape index (κ1) is 20.3. The molecule has 3 aliphatic heterocycles. The van der Waals surface area contributed by atoms with Gasteiger partial charge in [-0.1, -0.05) is 12.1 Å². The minimum atomic E-state index is -0.250. The molecule has 3 heterocycles. The first-order valence-corrected chi connectivity index (χ1v) is 9.60. The van der Waals surface area contributed by atoms with Crippen molar-refractivity contribution >= 4 is 24.0 Å². The van der Waals surface area contributed by atoms with E-state index in [-0.39, 0.29) is 30.4 Å². The third-order valence-electron chi connectivity index (χ3n) is 5.58. The molecular weight excluding hydrogens is 362 g/mol. The number of hydrogen-bond acceptors (Lipinski definition) is 5. The summed E-state index contributed by atoms with van der Waals surface area (Å²) < 4.78 is 5.89. The number of anilines is 1. The summed E-state index contributed by atoms with van der Waals surface area (Å²) in [5.41, 5.74) is 2.22. The molecular formula is C20H27N3O5. The number of carboxylic acid groups (broad SMARTS) is 1. The average Bonchev–Trinajstić information content (AvgIpc) is 3.25. The molecule has 3 fully saturated rings. The van der Waals surface area contributed by atoms with Crippen LogP contribution in [0.1, 0.15) is 24.8 Å². The summed E-state index contributed by atoms with van der Waals surface area (Å²) >= 11 is 0. The minimum Gasteiger partial charge on any atom is -0.483 e. The van der Waals surface area contributed by atoms with Crippen LogP contribution in [0.3, 0.4) is 0 Å². The van der Waals surface area contributed by atoms with Crippen LogP contribution in [0.25, 0.3) is 0 Å². The van der Waals surface area contributed by atoms with Crippen LogP contribution in [0.2, 0.25) is 0 Å². The highest BCUT2D eigenvalue weighted by Gasteiger charge is 2.39. The van der Waals surface area contributed by atoms with Gasteiger partial charge >= 0.3 is 0 Å². The summed E-state index contributed by atoms with van der Waals surface area (Å²) in [4.78, 5) is 38.3. The molecule has 0 radical (unpaired) electrons. The zero-order valence-corrected chi connectivity index (χ0v) is 16.1. The third-order valence-corrected chi connectivity index (χ3v) is 5.58. The summed E-state index contributed by atoms with van der Waals surface area (Å²) in [6.45, 7) is 3.64. The van der Waals surface area contributed by atoms with Gasteiger partial charge < -0.3 is 19.6 Å². The molecule has 3 saturated heterocycles. The predicted octanol–water partition coefficient (Wildman–Crippen LogP) is 0.946. The molecule has 0 saturated carbocycles. The second kappa shape index (κ2) is 9.16. The van der Waals surface area contributed by atoms with Gasteiger partial charge in [-0.15, -0.1) is 0 Å². The fourth-order valence-electron chi connectivity index (χ4n) is 4.12. The van der Waals surface area contributed by atoms with Gasteiger partial charge in [0.2, 0.25) is 11.8 Å². The summed E-state index contributed by atoms with van der Waals surface area (Å²) in [7, 11) is 1.89. The highest BCUT2D eigenvalue weighted by Crippen LogP contribution is 2.25. The first-order valence-electron chi connectivity index (χ1n) is 9.60. The van der Waals surface area contributed by atoms with E-state index in [0.29, 0.717) is 19.4 Å². The normalized spacial score (nSPS) is 25.2. The van der Waals surface area contributed by atoms with E-state index in [9.17, 15) is 9.59 Å². The summed E-state index contributed by atoms with van der Waals surface area (Å²) in [6.07, 6.45) is 2.20. The van der Waals surface area contributed by atoms with Gasteiger partial charge in [-0.3, -0.25) is 19.3 Å². The average molecular weight is 389 g/mol. The molecule has 152 valence electrons. The number of rotatable bonds is 3. The Labute approximate surface area is 164 Å². The van der Waals surface area contributed by atoms with Gasteiger partial charge in [0.1, 0.15) is 0 Å². The number of fused-ring (bicyclic) bond motifs is 1. The number of nitrogens with zero attached hydrogens (tertiary/aromatic N) is 3. The van der Waals surface area contributed by atoms with Gasteiger partial charge in [0.25, 0.3) is 6.47 Å². The molecule has 8 nitrogen and oxygen atoms in total. The Bertz CT molecular complexity index is 708. The lowest BCUT2D eigenvalue weighted by Gasteiger charge is -2.25. The second-order valence-corrected chi connectivity index (χ2v) is 7.35. The van der Waals surface area contributed by atoms with E-state index in [2.05, 4.69) is 17.0 Å². The van der Waals surface area contributed by atoms with Crippen molar-refractivity contribution in [2.24, 2.45) is 0 Å². The quantitative estimate of drug-likeness (QED) is 0.774. The molecule has 0 aromatic heterocycles. The maximum absolute atomic E-state index is 12.0. The lowest BCUT2D eigenvalue weighted by atomic mass is 10.2. The van der Waals surface area contributed by atoms with Gasteiger partial charge in [0.15, 0.2) is 0 Å². The van der Waals surface area contributed by atoms with E-state index in [0.717, 1.165) is 38.3 Å². The number of benzene rings is 1. The van der Waals surface area contributed by atoms with E-state index in [1.165, 1.54) is 5.56 Å². The van der Waals surface area contributed by atoms with Crippen LogP contribution in [0.15, 0.2) is 24.3 Å². The number of likely N-dealkylation sites (N-methyl/N-ethyl adjacent to an activating group) is 1. The number of carbonyl (C=O) groups is 3. The smallest absolute Gasteiger partial charge is 0.290 e. The van der Waals surface area contributed by atoms with Gasteiger partial charge in [-0.05, 0) is 24.1 Å². The molecule has 0 aliphatic carbocycles. The van der Waals surface area contributed by atoms with E-state index in [1.807, 2.05) is 29.0 Å². The maximum atomic E-state index is 12.0. The van der Waals surface area contributed by atoms with Gasteiger partial charge in [-0.2, -0.15) is 0 Å². The molecule has 0 bridgehead atoms. The summed E-state index contributed by atoms with van der Waals surface area (Å²) in [5.74, 6) is 0.395. The van der Waals surface area contributed by atoms with Crippen molar-refractivity contribution in [2.75, 3.05) is 38.2 Å². The lowest BCUT2D eigenvalue weighted by Crippen LogP contribution is -2.42. The second-order valence-electron chi connectivity index (χ2n) is 7.35. The molecule has 0 unspecified atom stereocenters. The Kier molecular flexibility index (Phi) is 6.64. The van der Waals surface area contributed by atoms with Crippen LogP contribution in [0.4, 0.5) is 5.69 Å². The molecule has 3 aliphatic rings. The third kappa shape index (κ3) is 4.51. The van der Waals surface area contributed by atoms with Crippen molar-refractivity contribution in [1.29, 1.82) is 0 Å². The Morgan fingerprint density at radius 1 is 1.14 bits per heavy atom. The van der Waals surface area contributed by atoms with E-state index < -0.39 is 0 Å². The number of carbonyl (C=O) groups excluding carboxylic acids is 2. The van der Waals surface area contributed by atoms with Crippen molar-refractivity contribution in [1.82, 2.24) is 9.80 Å². The van der Waals surface area contributed by atoms with Gasteiger partial charge in [0, 0.05) is 45.3 Å². The number of hydrogen-bond donors (Lipinski definition) is 1. The Hall–Kier alpha value is -2.45.